The highest BCUT2D eigenvalue weighted by atomic mass is 35.5. The first-order valence-corrected chi connectivity index (χ1v) is 10.1. The number of alkyl halides is 1. The Morgan fingerprint density at radius 3 is 2.70 bits per heavy atom. The van der Waals surface area contributed by atoms with E-state index in [1.54, 1.807) is 7.05 Å². The molecule has 0 aromatic heterocycles. The van der Waals surface area contributed by atoms with Crippen molar-refractivity contribution in [2.45, 2.75) is 38.4 Å². The van der Waals surface area contributed by atoms with Crippen LogP contribution in [0.2, 0.25) is 5.02 Å². The minimum atomic E-state index is -0.941. The number of rotatable bonds is 4. The molecular weight excluding hydrogens is 414 g/mol. The van der Waals surface area contributed by atoms with Gasteiger partial charge in [-0.2, -0.15) is 0 Å². The van der Waals surface area contributed by atoms with Gasteiger partial charge in [-0.05, 0) is 43.0 Å². The van der Waals surface area contributed by atoms with Crippen molar-refractivity contribution in [1.82, 2.24) is 5.32 Å². The molecule has 1 saturated carbocycles. The van der Waals surface area contributed by atoms with Crippen LogP contribution in [-0.2, 0) is 16.0 Å². The maximum absolute atomic E-state index is 13.7. The highest BCUT2D eigenvalue weighted by Gasteiger charge is 2.39. The van der Waals surface area contributed by atoms with Gasteiger partial charge in [0.15, 0.2) is 5.75 Å². The molecule has 2 aliphatic rings. The van der Waals surface area contributed by atoms with Crippen LogP contribution in [0, 0.1) is 18.7 Å². The maximum atomic E-state index is 13.7. The number of halogens is 3. The van der Waals surface area contributed by atoms with Crippen LogP contribution < -0.4 is 15.0 Å². The number of likely N-dealkylation sites (N-methyl/N-ethyl adjacent to an activating group) is 1. The molecule has 2 aromatic rings. The molecule has 2 aromatic carbocycles. The van der Waals surface area contributed by atoms with E-state index >= 15 is 0 Å². The van der Waals surface area contributed by atoms with Crippen molar-refractivity contribution in [2.24, 2.45) is 5.92 Å². The lowest BCUT2D eigenvalue weighted by Crippen LogP contribution is -2.54. The van der Waals surface area contributed by atoms with E-state index in [9.17, 15) is 18.4 Å². The molecule has 1 fully saturated rings. The van der Waals surface area contributed by atoms with Gasteiger partial charge in [0.2, 0.25) is 11.8 Å². The van der Waals surface area contributed by atoms with Crippen LogP contribution in [-0.4, -0.2) is 31.1 Å². The first-order chi connectivity index (χ1) is 14.2. The molecule has 1 aliphatic heterocycles. The van der Waals surface area contributed by atoms with Crippen LogP contribution in [0.25, 0.3) is 0 Å². The molecule has 1 atom stereocenters. The maximum Gasteiger partial charge on any atom is 0.249 e. The Morgan fingerprint density at radius 1 is 1.27 bits per heavy atom. The summed E-state index contributed by atoms with van der Waals surface area (Å²) >= 11 is 6.14. The highest BCUT2D eigenvalue weighted by molar-refractivity contribution is 6.32. The molecular formula is C22H21ClF2N2O3. The highest BCUT2D eigenvalue weighted by Crippen LogP contribution is 2.42. The molecule has 8 heteroatoms. The Hall–Kier alpha value is -2.67. The molecule has 2 amide bonds. The summed E-state index contributed by atoms with van der Waals surface area (Å²) in [5.41, 5.74) is 2.10. The number of anilines is 1. The van der Waals surface area contributed by atoms with Gasteiger partial charge in [0.25, 0.3) is 0 Å². The minimum Gasteiger partial charge on any atom is -0.453 e. The third-order valence-electron chi connectivity index (χ3n) is 5.67. The van der Waals surface area contributed by atoms with Gasteiger partial charge in [-0.1, -0.05) is 23.7 Å². The first-order valence-electron chi connectivity index (χ1n) is 9.72. The summed E-state index contributed by atoms with van der Waals surface area (Å²) in [6.45, 7) is 1.82. The van der Waals surface area contributed by atoms with E-state index in [0.717, 1.165) is 11.1 Å². The molecule has 0 unspecified atom stereocenters. The molecule has 0 bridgehead atoms. The van der Waals surface area contributed by atoms with Crippen molar-refractivity contribution >= 4 is 29.1 Å². The van der Waals surface area contributed by atoms with E-state index in [0.29, 0.717) is 11.4 Å². The van der Waals surface area contributed by atoms with Gasteiger partial charge in [0.1, 0.15) is 23.8 Å². The summed E-state index contributed by atoms with van der Waals surface area (Å²) in [6.07, 6.45) is -0.262. The Kier molecular flexibility index (Phi) is 5.40. The van der Waals surface area contributed by atoms with Gasteiger partial charge in [-0.3, -0.25) is 9.59 Å². The lowest BCUT2D eigenvalue weighted by molar-refractivity contribution is -0.133. The van der Waals surface area contributed by atoms with Crippen molar-refractivity contribution in [3.8, 4) is 11.5 Å². The normalized spacial score (nSPS) is 22.9. The standard InChI is InChI=1S/C22H21ClF2N2O3/c1-11-3-4-12-9-17(26-21(28)13-7-15(25)8-13)22(29)27(2)19(12)20(11)30-18-10-14(24)5-6-16(18)23/h3-6,10,13,15,17H,7-9H2,1-2H3,(H,26,28)/t13?,15?,17-/m1/s1. The molecule has 4 rings (SSSR count). The summed E-state index contributed by atoms with van der Waals surface area (Å²) in [5, 5.41) is 3.00. The van der Waals surface area contributed by atoms with Crippen LogP contribution in [0.3, 0.4) is 0 Å². The molecule has 1 heterocycles. The lowest BCUT2D eigenvalue weighted by Gasteiger charge is -2.35. The third kappa shape index (κ3) is 3.74. The second-order valence-corrected chi connectivity index (χ2v) is 8.23. The van der Waals surface area contributed by atoms with E-state index in [1.165, 1.54) is 23.1 Å². The number of amides is 2. The van der Waals surface area contributed by atoms with Crippen molar-refractivity contribution < 1.29 is 23.1 Å². The Balaban J connectivity index is 1.62. The smallest absolute Gasteiger partial charge is 0.249 e. The van der Waals surface area contributed by atoms with Crippen LogP contribution in [0.15, 0.2) is 30.3 Å². The van der Waals surface area contributed by atoms with Crippen molar-refractivity contribution in [2.75, 3.05) is 11.9 Å². The van der Waals surface area contributed by atoms with Crippen LogP contribution in [0.5, 0.6) is 11.5 Å². The number of aryl methyl sites for hydroxylation is 1. The van der Waals surface area contributed by atoms with Gasteiger partial charge in [0, 0.05) is 25.5 Å². The summed E-state index contributed by atoms with van der Waals surface area (Å²) in [5.74, 6) is -0.917. The van der Waals surface area contributed by atoms with Crippen LogP contribution in [0.4, 0.5) is 14.5 Å². The number of hydrogen-bond acceptors (Lipinski definition) is 3. The van der Waals surface area contributed by atoms with Crippen LogP contribution in [0.1, 0.15) is 24.0 Å². The number of nitrogens with one attached hydrogen (secondary N) is 1. The molecule has 0 radical (unpaired) electrons. The Labute approximate surface area is 178 Å². The topological polar surface area (TPSA) is 58.6 Å². The average Bonchev–Trinajstić information content (AvgIpc) is 2.68. The summed E-state index contributed by atoms with van der Waals surface area (Å²) in [7, 11) is 1.60. The average molecular weight is 435 g/mol. The number of nitrogens with zero attached hydrogens (tertiary/aromatic N) is 1. The fourth-order valence-electron chi connectivity index (χ4n) is 3.86. The zero-order chi connectivity index (χ0) is 21.6. The predicted molar refractivity (Wildman–Crippen MR) is 109 cm³/mol. The fourth-order valence-corrected chi connectivity index (χ4v) is 4.01. The van der Waals surface area contributed by atoms with E-state index in [-0.39, 0.29) is 47.8 Å². The van der Waals surface area contributed by atoms with Gasteiger partial charge >= 0.3 is 0 Å². The number of fused-ring (bicyclic) bond motifs is 1. The van der Waals surface area contributed by atoms with Gasteiger partial charge < -0.3 is 15.0 Å². The number of hydrogen-bond donors (Lipinski definition) is 1. The van der Waals surface area contributed by atoms with Gasteiger partial charge in [-0.15, -0.1) is 0 Å². The second kappa shape index (κ2) is 7.87. The lowest BCUT2D eigenvalue weighted by atomic mass is 9.82. The first kappa shape index (κ1) is 20.6. The van der Waals surface area contributed by atoms with E-state index in [1.807, 2.05) is 19.1 Å². The number of carbonyl (C=O) groups excluding carboxylic acids is 2. The third-order valence-corrected chi connectivity index (χ3v) is 5.99. The number of ether oxygens (including phenoxy) is 1. The van der Waals surface area contributed by atoms with Crippen molar-refractivity contribution in [3.05, 3.63) is 52.3 Å². The molecule has 0 saturated heterocycles. The molecule has 5 nitrogen and oxygen atoms in total. The predicted octanol–water partition coefficient (Wildman–Crippen LogP) is 4.33. The van der Waals surface area contributed by atoms with Gasteiger partial charge in [-0.25, -0.2) is 8.78 Å². The zero-order valence-electron chi connectivity index (χ0n) is 16.5. The van der Waals surface area contributed by atoms with Crippen molar-refractivity contribution in [1.29, 1.82) is 0 Å². The Bertz CT molecular complexity index is 1020. The molecule has 0 spiro atoms. The molecule has 1 aliphatic carbocycles. The number of benzene rings is 2. The van der Waals surface area contributed by atoms with Crippen molar-refractivity contribution in [3.63, 3.8) is 0 Å². The molecule has 1 N–H and O–H groups in total. The quantitative estimate of drug-likeness (QED) is 0.779. The second-order valence-electron chi connectivity index (χ2n) is 7.82. The molecule has 30 heavy (non-hydrogen) atoms. The largest absolute Gasteiger partial charge is 0.453 e. The van der Waals surface area contributed by atoms with Crippen LogP contribution >= 0.6 is 11.6 Å². The number of carbonyl (C=O) groups is 2. The SMILES string of the molecule is Cc1ccc2c(c1Oc1cc(F)ccc1Cl)N(C)C(=O)[C@H](NC(=O)C1CC(F)C1)C2. The monoisotopic (exact) mass is 434 g/mol. The summed E-state index contributed by atoms with van der Waals surface area (Å²) in [6, 6.07) is 6.79. The summed E-state index contributed by atoms with van der Waals surface area (Å²) < 4.78 is 32.6. The van der Waals surface area contributed by atoms with Gasteiger partial charge in [0.05, 0.1) is 10.7 Å². The fraction of sp³-hybridized carbons (Fsp3) is 0.364. The van der Waals surface area contributed by atoms with E-state index in [4.69, 9.17) is 16.3 Å². The minimum absolute atomic E-state index is 0.148. The summed E-state index contributed by atoms with van der Waals surface area (Å²) in [4.78, 5) is 26.7. The Morgan fingerprint density at radius 2 is 2.00 bits per heavy atom. The van der Waals surface area contributed by atoms with E-state index in [2.05, 4.69) is 5.32 Å². The zero-order valence-corrected chi connectivity index (χ0v) is 17.3. The van der Waals surface area contributed by atoms with E-state index < -0.39 is 18.0 Å². The molecule has 158 valence electrons.